The molecule has 0 aliphatic rings. The van der Waals surface area contributed by atoms with Crippen LogP contribution in [0.4, 0.5) is 5.69 Å². The first-order valence-electron chi connectivity index (χ1n) is 10.4. The van der Waals surface area contributed by atoms with Crippen molar-refractivity contribution in [1.82, 2.24) is 0 Å². The van der Waals surface area contributed by atoms with Gasteiger partial charge in [-0.3, -0.25) is 4.79 Å². The van der Waals surface area contributed by atoms with Gasteiger partial charge in [-0.25, -0.2) is 0 Å². The van der Waals surface area contributed by atoms with Gasteiger partial charge in [0.25, 0.3) is 0 Å². The lowest BCUT2D eigenvalue weighted by Gasteiger charge is -2.22. The number of benzene rings is 1. The summed E-state index contributed by atoms with van der Waals surface area (Å²) in [5.41, 5.74) is 1.04. The second kappa shape index (κ2) is 16.1. The smallest absolute Gasteiger partial charge is 0.311 e. The lowest BCUT2D eigenvalue weighted by molar-refractivity contribution is -0.134. The van der Waals surface area contributed by atoms with Crippen molar-refractivity contribution in [2.24, 2.45) is 0 Å². The average Bonchev–Trinajstić information content (AvgIpc) is 2.67. The number of nitrogens with zero attached hydrogens (tertiary/aromatic N) is 1. The molecule has 5 heteroatoms. The molecule has 0 atom stereocenters. The first-order valence-corrected chi connectivity index (χ1v) is 11.5. The normalized spacial score (nSPS) is 10.8. The van der Waals surface area contributed by atoms with Crippen molar-refractivity contribution in [2.75, 3.05) is 29.7 Å². The van der Waals surface area contributed by atoms with Gasteiger partial charge in [0.15, 0.2) is 0 Å². The molecule has 0 heterocycles. The summed E-state index contributed by atoms with van der Waals surface area (Å²) in [4.78, 5) is 14.1. The number of carbonyl (C=O) groups excluding carboxylic acids is 1. The summed E-state index contributed by atoms with van der Waals surface area (Å²) in [6.45, 7) is 3.73. The number of anilines is 1. The molecule has 0 fully saturated rings. The minimum Gasteiger partial charge on any atom is -0.427 e. The van der Waals surface area contributed by atoms with Crippen LogP contribution in [0.1, 0.15) is 71.1 Å². The maximum atomic E-state index is 12.0. The molecule has 3 nitrogen and oxygen atoms in total. The van der Waals surface area contributed by atoms with Gasteiger partial charge in [-0.1, -0.05) is 58.3 Å². The van der Waals surface area contributed by atoms with E-state index in [4.69, 9.17) is 27.9 Å². The van der Waals surface area contributed by atoms with Crippen LogP contribution in [0, 0.1) is 0 Å². The highest BCUT2D eigenvalue weighted by Crippen LogP contribution is 2.20. The van der Waals surface area contributed by atoms with E-state index in [1.807, 2.05) is 24.3 Å². The molecule has 0 aliphatic carbocycles. The van der Waals surface area contributed by atoms with Crippen LogP contribution in [0.2, 0.25) is 0 Å². The van der Waals surface area contributed by atoms with Gasteiger partial charge in [-0.2, -0.15) is 0 Å². The number of unbranched alkanes of at least 4 members (excludes halogenated alkanes) is 8. The van der Waals surface area contributed by atoms with E-state index in [2.05, 4.69) is 11.8 Å². The molecule has 27 heavy (non-hydrogen) atoms. The summed E-state index contributed by atoms with van der Waals surface area (Å²) in [7, 11) is 0. The average molecular weight is 416 g/mol. The van der Waals surface area contributed by atoms with Gasteiger partial charge in [0.2, 0.25) is 0 Å². The van der Waals surface area contributed by atoms with Crippen molar-refractivity contribution in [3.63, 3.8) is 0 Å². The fraction of sp³-hybridized carbons (Fsp3) is 0.682. The maximum Gasteiger partial charge on any atom is 0.311 e. The number of hydrogen-bond donors (Lipinski definition) is 0. The molecule has 0 saturated heterocycles. The number of carbonyl (C=O) groups is 1. The number of hydrogen-bond acceptors (Lipinski definition) is 3. The van der Waals surface area contributed by atoms with E-state index in [-0.39, 0.29) is 5.97 Å². The summed E-state index contributed by atoms with van der Waals surface area (Å²) in [5.74, 6) is 1.54. The summed E-state index contributed by atoms with van der Waals surface area (Å²) in [5, 5.41) is 0. The number of esters is 1. The van der Waals surface area contributed by atoms with Crippen LogP contribution in [0.5, 0.6) is 5.75 Å². The molecule has 154 valence electrons. The molecule has 0 aliphatic heterocycles. The zero-order valence-corrected chi connectivity index (χ0v) is 18.2. The topological polar surface area (TPSA) is 29.5 Å². The van der Waals surface area contributed by atoms with E-state index in [1.165, 1.54) is 44.9 Å². The zero-order valence-electron chi connectivity index (χ0n) is 16.7. The minimum atomic E-state index is -0.149. The van der Waals surface area contributed by atoms with Crippen LogP contribution in [0.3, 0.4) is 0 Å². The number of alkyl halides is 2. The molecule has 0 saturated carbocycles. The highest BCUT2D eigenvalue weighted by molar-refractivity contribution is 6.18. The third-order valence-electron chi connectivity index (χ3n) is 4.63. The summed E-state index contributed by atoms with van der Waals surface area (Å²) in [6.07, 6.45) is 11.7. The Bertz CT molecular complexity index is 488. The maximum absolute atomic E-state index is 12.0. The SMILES string of the molecule is CCCCCCCCCCCC(=O)Oc1ccc(N(CCCl)CCCl)cc1. The quantitative estimate of drug-likeness (QED) is 0.128. The predicted octanol–water partition coefficient (Wildman–Crippen LogP) is 6.80. The molecule has 1 aromatic carbocycles. The minimum absolute atomic E-state index is 0.149. The van der Waals surface area contributed by atoms with Gasteiger partial charge in [0.1, 0.15) is 5.75 Å². The van der Waals surface area contributed by atoms with Gasteiger partial charge in [-0.05, 0) is 30.7 Å². The Morgan fingerprint density at radius 3 is 1.89 bits per heavy atom. The Labute approximate surface area is 175 Å². The highest BCUT2D eigenvalue weighted by atomic mass is 35.5. The molecule has 0 aromatic heterocycles. The second-order valence-corrected chi connectivity index (χ2v) is 7.67. The molecule has 0 N–H and O–H groups in total. The Morgan fingerprint density at radius 2 is 1.37 bits per heavy atom. The van der Waals surface area contributed by atoms with E-state index < -0.39 is 0 Å². The molecule has 0 bridgehead atoms. The number of ether oxygens (including phenoxy) is 1. The summed E-state index contributed by atoms with van der Waals surface area (Å²) in [6, 6.07) is 7.55. The van der Waals surface area contributed by atoms with Crippen molar-refractivity contribution in [1.29, 1.82) is 0 Å². The monoisotopic (exact) mass is 415 g/mol. The van der Waals surface area contributed by atoms with Crippen LogP contribution in [-0.4, -0.2) is 30.8 Å². The predicted molar refractivity (Wildman–Crippen MR) is 118 cm³/mol. The summed E-state index contributed by atoms with van der Waals surface area (Å²) < 4.78 is 5.43. The van der Waals surface area contributed by atoms with Crippen molar-refractivity contribution in [3.8, 4) is 5.75 Å². The Balaban J connectivity index is 2.20. The third kappa shape index (κ3) is 11.5. The van der Waals surface area contributed by atoms with E-state index in [9.17, 15) is 4.79 Å². The van der Waals surface area contributed by atoms with E-state index in [0.29, 0.717) is 23.9 Å². The largest absolute Gasteiger partial charge is 0.427 e. The van der Waals surface area contributed by atoms with Crippen LogP contribution in [-0.2, 0) is 4.79 Å². The summed E-state index contributed by atoms with van der Waals surface area (Å²) >= 11 is 11.7. The molecular weight excluding hydrogens is 381 g/mol. The second-order valence-electron chi connectivity index (χ2n) is 6.91. The first kappa shape index (κ1) is 24.1. The van der Waals surface area contributed by atoms with Crippen molar-refractivity contribution < 1.29 is 9.53 Å². The first-order chi connectivity index (χ1) is 13.2. The van der Waals surface area contributed by atoms with Crippen LogP contribution < -0.4 is 9.64 Å². The molecule has 0 amide bonds. The fourth-order valence-electron chi connectivity index (χ4n) is 3.06. The number of halogens is 2. The van der Waals surface area contributed by atoms with Crippen LogP contribution >= 0.6 is 23.2 Å². The highest BCUT2D eigenvalue weighted by Gasteiger charge is 2.08. The van der Waals surface area contributed by atoms with Gasteiger partial charge in [0, 0.05) is 37.0 Å². The van der Waals surface area contributed by atoms with Crippen molar-refractivity contribution >= 4 is 34.9 Å². The molecule has 0 radical (unpaired) electrons. The molecule has 1 rings (SSSR count). The van der Waals surface area contributed by atoms with E-state index in [0.717, 1.165) is 31.6 Å². The molecule has 1 aromatic rings. The van der Waals surface area contributed by atoms with E-state index >= 15 is 0 Å². The lowest BCUT2D eigenvalue weighted by atomic mass is 10.1. The van der Waals surface area contributed by atoms with Crippen LogP contribution in [0.15, 0.2) is 24.3 Å². The van der Waals surface area contributed by atoms with Crippen molar-refractivity contribution in [2.45, 2.75) is 71.1 Å². The van der Waals surface area contributed by atoms with Crippen molar-refractivity contribution in [3.05, 3.63) is 24.3 Å². The van der Waals surface area contributed by atoms with Crippen LogP contribution in [0.25, 0.3) is 0 Å². The van der Waals surface area contributed by atoms with Gasteiger partial charge in [0.05, 0.1) is 0 Å². The van der Waals surface area contributed by atoms with Gasteiger partial charge >= 0.3 is 5.97 Å². The number of rotatable bonds is 16. The Hall–Kier alpha value is -0.930. The zero-order chi connectivity index (χ0) is 19.7. The molecule has 0 spiro atoms. The van der Waals surface area contributed by atoms with Gasteiger partial charge < -0.3 is 9.64 Å². The van der Waals surface area contributed by atoms with E-state index in [1.54, 1.807) is 0 Å². The Morgan fingerprint density at radius 1 is 0.852 bits per heavy atom. The lowest BCUT2D eigenvalue weighted by Crippen LogP contribution is -2.27. The Kier molecular flexibility index (Phi) is 14.3. The van der Waals surface area contributed by atoms with Gasteiger partial charge in [-0.15, -0.1) is 23.2 Å². The fourth-order valence-corrected chi connectivity index (χ4v) is 3.47. The molecular formula is C22H35Cl2NO2. The standard InChI is InChI=1S/C22H35Cl2NO2/c1-2-3-4-5-6-7-8-9-10-11-22(26)27-21-14-12-20(13-15-21)25(18-16-23)19-17-24/h12-15H,2-11,16-19H2,1H3. The molecule has 0 unspecified atom stereocenters. The third-order valence-corrected chi connectivity index (χ3v) is 4.96.